The summed E-state index contributed by atoms with van der Waals surface area (Å²) in [5, 5.41) is 3.81. The summed E-state index contributed by atoms with van der Waals surface area (Å²) in [6, 6.07) is 1.25. The first-order chi connectivity index (χ1) is 14.1. The number of aryl methyl sites for hydroxylation is 1. The summed E-state index contributed by atoms with van der Waals surface area (Å²) in [7, 11) is 4.52. The Bertz CT molecular complexity index is 948. The predicted octanol–water partition coefficient (Wildman–Crippen LogP) is 4.47. The molecule has 1 aliphatic heterocycles. The molecule has 0 bridgehead atoms. The third kappa shape index (κ3) is 4.40. The fraction of sp³-hybridized carbons (Fsp3) is 0.476. The molecule has 0 spiro atoms. The van der Waals surface area contributed by atoms with Gasteiger partial charge in [-0.2, -0.15) is 13.2 Å². The van der Waals surface area contributed by atoms with Crippen molar-refractivity contribution in [3.8, 4) is 0 Å². The second-order valence-electron chi connectivity index (χ2n) is 7.61. The third-order valence-electron chi connectivity index (χ3n) is 4.91. The topological polar surface area (TPSA) is 59.0 Å². The van der Waals surface area contributed by atoms with E-state index >= 15 is 0 Å². The molecular formula is C21H23F3N2O3S. The number of alkyl halides is 3. The van der Waals surface area contributed by atoms with Crippen LogP contribution in [-0.2, 0) is 15.8 Å². The van der Waals surface area contributed by atoms with Gasteiger partial charge in [-0.3, -0.25) is 9.59 Å². The third-order valence-corrected chi connectivity index (χ3v) is 6.14. The van der Waals surface area contributed by atoms with Gasteiger partial charge in [0.2, 0.25) is 0 Å². The van der Waals surface area contributed by atoms with Crippen LogP contribution in [0.3, 0.4) is 0 Å². The highest BCUT2D eigenvalue weighted by atomic mass is 32.2. The molecule has 1 aromatic carbocycles. The van der Waals surface area contributed by atoms with Crippen LogP contribution in [-0.4, -0.2) is 49.1 Å². The second kappa shape index (κ2) is 8.45. The van der Waals surface area contributed by atoms with Crippen molar-refractivity contribution in [3.63, 3.8) is 0 Å². The molecule has 0 radical (unpaired) electrons. The first-order valence-electron chi connectivity index (χ1n) is 9.51. The fourth-order valence-electron chi connectivity index (χ4n) is 3.51. The van der Waals surface area contributed by atoms with E-state index in [-0.39, 0.29) is 29.2 Å². The Morgan fingerprint density at radius 1 is 1.30 bits per heavy atom. The van der Waals surface area contributed by atoms with E-state index < -0.39 is 28.9 Å². The number of rotatable bonds is 6. The number of benzene rings is 1. The predicted molar refractivity (Wildman–Crippen MR) is 109 cm³/mol. The van der Waals surface area contributed by atoms with Gasteiger partial charge in [0.15, 0.2) is 11.6 Å². The number of hydrogen-bond donors (Lipinski definition) is 0. The van der Waals surface area contributed by atoms with Crippen LogP contribution in [0.5, 0.6) is 0 Å². The Morgan fingerprint density at radius 3 is 2.50 bits per heavy atom. The van der Waals surface area contributed by atoms with E-state index in [1.807, 2.05) is 0 Å². The van der Waals surface area contributed by atoms with Crippen molar-refractivity contribution in [2.75, 3.05) is 27.0 Å². The molecule has 1 saturated carbocycles. The van der Waals surface area contributed by atoms with Crippen LogP contribution in [0.25, 0.3) is 0 Å². The van der Waals surface area contributed by atoms with Gasteiger partial charge in [-0.25, -0.2) is 0 Å². The van der Waals surface area contributed by atoms with Crippen LogP contribution < -0.4 is 0 Å². The van der Waals surface area contributed by atoms with Crippen LogP contribution in [0.15, 0.2) is 27.9 Å². The lowest BCUT2D eigenvalue weighted by Gasteiger charge is -2.26. The smallest absolute Gasteiger partial charge is 0.399 e. The average Bonchev–Trinajstić information content (AvgIpc) is 3.49. The summed E-state index contributed by atoms with van der Waals surface area (Å²) in [5.41, 5.74) is -1.22. The molecule has 1 aliphatic carbocycles. The summed E-state index contributed by atoms with van der Waals surface area (Å²) in [5.74, 6) is -1.05. The standard InChI is InChI=1S/C21H23F3N2O3S/c1-11-9-13(19(28)14(10-26(2)3)18(27)12-5-6-12)17(21(22,23)24)16-15(25-29-4)7-8-30-20(11)16/h9-10,12H,5-8H2,1-4H3. The molecule has 0 saturated heterocycles. The summed E-state index contributed by atoms with van der Waals surface area (Å²) in [6.45, 7) is 1.66. The van der Waals surface area contributed by atoms with Crippen molar-refractivity contribution in [3.05, 3.63) is 40.1 Å². The lowest BCUT2D eigenvalue weighted by molar-refractivity contribution is -0.138. The molecule has 30 heavy (non-hydrogen) atoms. The Hall–Kier alpha value is -2.29. The molecule has 1 heterocycles. The monoisotopic (exact) mass is 440 g/mol. The fourth-order valence-corrected chi connectivity index (χ4v) is 4.66. The van der Waals surface area contributed by atoms with Crippen molar-refractivity contribution in [1.29, 1.82) is 0 Å². The van der Waals surface area contributed by atoms with E-state index in [0.29, 0.717) is 29.1 Å². The lowest BCUT2D eigenvalue weighted by Crippen LogP contribution is -2.26. The zero-order valence-electron chi connectivity index (χ0n) is 17.2. The summed E-state index contributed by atoms with van der Waals surface area (Å²) >= 11 is 1.30. The number of halogens is 3. The Kier molecular flexibility index (Phi) is 6.31. The molecule has 0 N–H and O–H groups in total. The minimum atomic E-state index is -4.80. The zero-order chi connectivity index (χ0) is 22.2. The number of hydrogen-bond acceptors (Lipinski definition) is 6. The van der Waals surface area contributed by atoms with E-state index in [4.69, 9.17) is 4.84 Å². The molecule has 9 heteroatoms. The maximum Gasteiger partial charge on any atom is 0.417 e. The Morgan fingerprint density at radius 2 is 1.97 bits per heavy atom. The number of ketones is 2. The average molecular weight is 440 g/mol. The van der Waals surface area contributed by atoms with Crippen LogP contribution in [0.2, 0.25) is 0 Å². The van der Waals surface area contributed by atoms with Gasteiger partial charge in [-0.05, 0) is 31.4 Å². The molecule has 1 fully saturated rings. The SMILES string of the molecule is CON=C1CCSc2c(C)cc(C(=O)C(=CN(C)C)C(=O)C3CC3)c(C(F)(F)F)c21. The molecular weight excluding hydrogens is 417 g/mol. The minimum absolute atomic E-state index is 0.118. The molecule has 3 rings (SSSR count). The number of allylic oxidation sites excluding steroid dienone is 1. The van der Waals surface area contributed by atoms with E-state index in [2.05, 4.69) is 5.16 Å². The summed E-state index contributed by atoms with van der Waals surface area (Å²) in [4.78, 5) is 32.8. The van der Waals surface area contributed by atoms with E-state index in [1.165, 1.54) is 36.0 Å². The highest BCUT2D eigenvalue weighted by molar-refractivity contribution is 7.99. The molecule has 2 aliphatic rings. The van der Waals surface area contributed by atoms with Gasteiger partial charge < -0.3 is 9.74 Å². The van der Waals surface area contributed by atoms with Crippen molar-refractivity contribution in [2.45, 2.75) is 37.3 Å². The van der Waals surface area contributed by atoms with Gasteiger partial charge in [0.05, 0.1) is 16.8 Å². The van der Waals surface area contributed by atoms with Crippen molar-refractivity contribution < 1.29 is 27.6 Å². The van der Waals surface area contributed by atoms with Crippen LogP contribution in [0.1, 0.15) is 46.3 Å². The van der Waals surface area contributed by atoms with E-state index in [1.54, 1.807) is 21.0 Å². The molecule has 1 aromatic rings. The van der Waals surface area contributed by atoms with Crippen LogP contribution >= 0.6 is 11.8 Å². The number of Topliss-reactive ketones (excluding diaryl/α,β-unsaturated/α-hetero) is 2. The van der Waals surface area contributed by atoms with Crippen molar-refractivity contribution in [2.24, 2.45) is 11.1 Å². The van der Waals surface area contributed by atoms with Gasteiger partial charge in [0, 0.05) is 54.4 Å². The van der Waals surface area contributed by atoms with Crippen molar-refractivity contribution in [1.82, 2.24) is 4.90 Å². The molecule has 0 unspecified atom stereocenters. The first-order valence-corrected chi connectivity index (χ1v) is 10.5. The lowest BCUT2D eigenvalue weighted by atomic mass is 9.88. The Labute approximate surface area is 177 Å². The maximum atomic E-state index is 14.3. The summed E-state index contributed by atoms with van der Waals surface area (Å²) < 4.78 is 42.8. The summed E-state index contributed by atoms with van der Waals surface area (Å²) in [6.07, 6.45) is -1.91. The van der Waals surface area contributed by atoms with Gasteiger partial charge >= 0.3 is 6.18 Å². The minimum Gasteiger partial charge on any atom is -0.399 e. The normalized spacial score (nSPS) is 18.2. The quantitative estimate of drug-likeness (QED) is 0.215. The number of carbonyl (C=O) groups is 2. The van der Waals surface area contributed by atoms with Gasteiger partial charge in [-0.1, -0.05) is 5.16 Å². The molecule has 5 nitrogen and oxygen atoms in total. The second-order valence-corrected chi connectivity index (χ2v) is 8.72. The first kappa shape index (κ1) is 22.4. The number of carbonyl (C=O) groups excluding carboxylic acids is 2. The van der Waals surface area contributed by atoms with Crippen molar-refractivity contribution >= 4 is 29.0 Å². The van der Waals surface area contributed by atoms with E-state index in [9.17, 15) is 22.8 Å². The molecule has 0 amide bonds. The number of oxime groups is 1. The number of nitrogens with zero attached hydrogens (tertiary/aromatic N) is 2. The van der Waals surface area contributed by atoms with Gasteiger partial charge in [0.1, 0.15) is 7.11 Å². The Balaban J connectivity index is 2.27. The van der Waals surface area contributed by atoms with Gasteiger partial charge in [0.25, 0.3) is 0 Å². The van der Waals surface area contributed by atoms with E-state index in [0.717, 1.165) is 0 Å². The maximum absolute atomic E-state index is 14.3. The van der Waals surface area contributed by atoms with Crippen LogP contribution in [0.4, 0.5) is 13.2 Å². The van der Waals surface area contributed by atoms with Crippen LogP contribution in [0, 0.1) is 12.8 Å². The largest absolute Gasteiger partial charge is 0.417 e. The highest BCUT2D eigenvalue weighted by Gasteiger charge is 2.44. The molecule has 0 atom stereocenters. The van der Waals surface area contributed by atoms with Gasteiger partial charge in [-0.15, -0.1) is 11.8 Å². The number of fused-ring (bicyclic) bond motifs is 1. The molecule has 0 aromatic heterocycles. The highest BCUT2D eigenvalue weighted by Crippen LogP contribution is 2.45. The zero-order valence-corrected chi connectivity index (χ0v) is 18.0. The number of thioether (sulfide) groups is 1. The molecule has 162 valence electrons.